The number of anilines is 1. The summed E-state index contributed by atoms with van der Waals surface area (Å²) >= 11 is 5.72. The summed E-state index contributed by atoms with van der Waals surface area (Å²) < 4.78 is 1.85. The monoisotopic (exact) mass is 236 g/mol. The zero-order chi connectivity index (χ0) is 11.5. The second-order valence-corrected chi connectivity index (χ2v) is 4.00. The van der Waals surface area contributed by atoms with E-state index in [1.165, 1.54) is 0 Å². The SMILES string of the molecule is CC(Nc1ccc(Cl)nc1)c1ccnn1C. The summed E-state index contributed by atoms with van der Waals surface area (Å²) in [5, 5.41) is 7.96. The highest BCUT2D eigenvalue weighted by atomic mass is 35.5. The first-order chi connectivity index (χ1) is 7.66. The van der Waals surface area contributed by atoms with Gasteiger partial charge in [0.2, 0.25) is 0 Å². The summed E-state index contributed by atoms with van der Waals surface area (Å²) in [5.74, 6) is 0. The third kappa shape index (κ3) is 2.33. The van der Waals surface area contributed by atoms with Crippen LogP contribution in [0.5, 0.6) is 0 Å². The van der Waals surface area contributed by atoms with Gasteiger partial charge in [-0.1, -0.05) is 11.6 Å². The number of aromatic nitrogens is 3. The Labute approximate surface area is 99.3 Å². The standard InChI is InChI=1S/C11H13ClN4/c1-8(10-5-6-14-16(10)2)15-9-3-4-11(12)13-7-9/h3-8,15H,1-2H3. The van der Waals surface area contributed by atoms with E-state index in [1.807, 2.05) is 23.9 Å². The molecule has 4 nitrogen and oxygen atoms in total. The molecule has 5 heteroatoms. The van der Waals surface area contributed by atoms with Crippen LogP contribution in [-0.4, -0.2) is 14.8 Å². The second-order valence-electron chi connectivity index (χ2n) is 3.62. The number of nitrogens with one attached hydrogen (secondary N) is 1. The Morgan fingerprint density at radius 2 is 2.19 bits per heavy atom. The normalized spacial score (nSPS) is 12.4. The van der Waals surface area contributed by atoms with Gasteiger partial charge in [0.25, 0.3) is 0 Å². The van der Waals surface area contributed by atoms with Gasteiger partial charge in [0.1, 0.15) is 5.15 Å². The fraction of sp³-hybridized carbons (Fsp3) is 0.273. The molecule has 0 amide bonds. The molecule has 16 heavy (non-hydrogen) atoms. The first kappa shape index (κ1) is 11.0. The second kappa shape index (κ2) is 4.53. The van der Waals surface area contributed by atoms with Crippen LogP contribution in [0.4, 0.5) is 5.69 Å². The van der Waals surface area contributed by atoms with Gasteiger partial charge in [-0.2, -0.15) is 5.10 Å². The summed E-state index contributed by atoms with van der Waals surface area (Å²) in [4.78, 5) is 4.02. The molecule has 2 aromatic rings. The van der Waals surface area contributed by atoms with Crippen molar-refractivity contribution >= 4 is 17.3 Å². The summed E-state index contributed by atoms with van der Waals surface area (Å²) in [6.45, 7) is 2.08. The highest BCUT2D eigenvalue weighted by molar-refractivity contribution is 6.29. The van der Waals surface area contributed by atoms with Gasteiger partial charge in [0.15, 0.2) is 0 Å². The van der Waals surface area contributed by atoms with Crippen molar-refractivity contribution in [2.75, 3.05) is 5.32 Å². The van der Waals surface area contributed by atoms with Crippen LogP contribution in [0.2, 0.25) is 5.15 Å². The van der Waals surface area contributed by atoms with Crippen LogP contribution < -0.4 is 5.32 Å². The average molecular weight is 237 g/mol. The van der Waals surface area contributed by atoms with E-state index in [9.17, 15) is 0 Å². The van der Waals surface area contributed by atoms with Gasteiger partial charge >= 0.3 is 0 Å². The van der Waals surface area contributed by atoms with Crippen LogP contribution in [0.1, 0.15) is 18.7 Å². The Bertz CT molecular complexity index is 463. The summed E-state index contributed by atoms with van der Waals surface area (Å²) in [7, 11) is 1.92. The molecule has 84 valence electrons. The van der Waals surface area contributed by atoms with Gasteiger partial charge < -0.3 is 5.32 Å². The van der Waals surface area contributed by atoms with E-state index >= 15 is 0 Å². The Hall–Kier alpha value is -1.55. The lowest BCUT2D eigenvalue weighted by Crippen LogP contribution is -2.11. The summed E-state index contributed by atoms with van der Waals surface area (Å²) in [5.41, 5.74) is 2.06. The van der Waals surface area contributed by atoms with Gasteiger partial charge in [-0.15, -0.1) is 0 Å². The predicted octanol–water partition coefficient (Wildman–Crippen LogP) is 2.64. The first-order valence-electron chi connectivity index (χ1n) is 5.03. The van der Waals surface area contributed by atoms with Crippen molar-refractivity contribution in [3.63, 3.8) is 0 Å². The number of halogens is 1. The third-order valence-corrected chi connectivity index (χ3v) is 2.64. The molecular formula is C11H13ClN4. The van der Waals surface area contributed by atoms with Gasteiger partial charge in [-0.3, -0.25) is 4.68 Å². The molecule has 0 fully saturated rings. The van der Waals surface area contributed by atoms with Crippen molar-refractivity contribution in [1.29, 1.82) is 0 Å². The minimum absolute atomic E-state index is 0.176. The van der Waals surface area contributed by atoms with Crippen molar-refractivity contribution in [1.82, 2.24) is 14.8 Å². The van der Waals surface area contributed by atoms with Crippen molar-refractivity contribution < 1.29 is 0 Å². The van der Waals surface area contributed by atoms with Crippen molar-refractivity contribution in [3.05, 3.63) is 41.4 Å². The number of hydrogen-bond acceptors (Lipinski definition) is 3. The quantitative estimate of drug-likeness (QED) is 0.834. The zero-order valence-electron chi connectivity index (χ0n) is 9.18. The largest absolute Gasteiger partial charge is 0.376 e. The van der Waals surface area contributed by atoms with Crippen LogP contribution >= 0.6 is 11.6 Å². The number of pyridine rings is 1. The molecule has 1 unspecified atom stereocenters. The highest BCUT2D eigenvalue weighted by Crippen LogP contribution is 2.18. The molecule has 0 saturated carbocycles. The molecule has 2 rings (SSSR count). The van der Waals surface area contributed by atoms with Crippen molar-refractivity contribution in [2.24, 2.45) is 7.05 Å². The molecule has 2 aromatic heterocycles. The molecule has 1 N–H and O–H groups in total. The number of hydrogen-bond donors (Lipinski definition) is 1. The van der Waals surface area contributed by atoms with E-state index in [1.54, 1.807) is 18.5 Å². The van der Waals surface area contributed by atoms with E-state index in [0.717, 1.165) is 11.4 Å². The predicted molar refractivity (Wildman–Crippen MR) is 64.5 cm³/mol. The molecular weight excluding hydrogens is 224 g/mol. The van der Waals surface area contributed by atoms with Crippen LogP contribution in [0, 0.1) is 0 Å². The molecule has 0 aliphatic heterocycles. The molecule has 2 heterocycles. The van der Waals surface area contributed by atoms with Crippen LogP contribution in [0.25, 0.3) is 0 Å². The van der Waals surface area contributed by atoms with E-state index in [2.05, 4.69) is 22.3 Å². The number of aryl methyl sites for hydroxylation is 1. The molecule has 0 saturated heterocycles. The van der Waals surface area contributed by atoms with Gasteiger partial charge in [-0.05, 0) is 25.1 Å². The fourth-order valence-electron chi connectivity index (χ4n) is 1.59. The lowest BCUT2D eigenvalue weighted by atomic mass is 10.2. The molecule has 0 aromatic carbocycles. The van der Waals surface area contributed by atoms with Gasteiger partial charge in [-0.25, -0.2) is 4.98 Å². The molecule has 1 atom stereocenters. The van der Waals surface area contributed by atoms with Crippen molar-refractivity contribution in [3.8, 4) is 0 Å². The average Bonchev–Trinajstić information content (AvgIpc) is 2.68. The Morgan fingerprint density at radius 3 is 2.75 bits per heavy atom. The van der Waals surface area contributed by atoms with Gasteiger partial charge in [0.05, 0.1) is 23.6 Å². The van der Waals surface area contributed by atoms with E-state index in [4.69, 9.17) is 11.6 Å². The Balaban J connectivity index is 2.10. The molecule has 0 spiro atoms. The summed E-state index contributed by atoms with van der Waals surface area (Å²) in [6, 6.07) is 5.83. The van der Waals surface area contributed by atoms with E-state index < -0.39 is 0 Å². The van der Waals surface area contributed by atoms with Crippen LogP contribution in [0.3, 0.4) is 0 Å². The highest BCUT2D eigenvalue weighted by Gasteiger charge is 2.08. The zero-order valence-corrected chi connectivity index (χ0v) is 9.94. The van der Waals surface area contributed by atoms with Crippen LogP contribution in [-0.2, 0) is 7.05 Å². The maximum atomic E-state index is 5.72. The smallest absolute Gasteiger partial charge is 0.129 e. The lowest BCUT2D eigenvalue weighted by Gasteiger charge is -2.15. The minimum Gasteiger partial charge on any atom is -0.376 e. The minimum atomic E-state index is 0.176. The van der Waals surface area contributed by atoms with E-state index in [0.29, 0.717) is 5.15 Å². The summed E-state index contributed by atoms with van der Waals surface area (Å²) in [6.07, 6.45) is 3.50. The molecule has 0 aliphatic carbocycles. The maximum Gasteiger partial charge on any atom is 0.129 e. The fourth-order valence-corrected chi connectivity index (χ4v) is 1.71. The molecule has 0 radical (unpaired) electrons. The van der Waals surface area contributed by atoms with Gasteiger partial charge in [0, 0.05) is 13.2 Å². The molecule has 0 bridgehead atoms. The Morgan fingerprint density at radius 1 is 1.38 bits per heavy atom. The Kier molecular flexibility index (Phi) is 3.10. The van der Waals surface area contributed by atoms with E-state index in [-0.39, 0.29) is 6.04 Å². The van der Waals surface area contributed by atoms with Crippen LogP contribution in [0.15, 0.2) is 30.6 Å². The maximum absolute atomic E-state index is 5.72. The first-order valence-corrected chi connectivity index (χ1v) is 5.40. The number of rotatable bonds is 3. The topological polar surface area (TPSA) is 42.7 Å². The third-order valence-electron chi connectivity index (χ3n) is 2.41. The van der Waals surface area contributed by atoms with Crippen molar-refractivity contribution in [2.45, 2.75) is 13.0 Å². The molecule has 0 aliphatic rings. The number of nitrogens with zero attached hydrogens (tertiary/aromatic N) is 3. The lowest BCUT2D eigenvalue weighted by molar-refractivity contribution is 0.675.